The molecule has 0 radical (unpaired) electrons. The highest BCUT2D eigenvalue weighted by Gasteiger charge is 2.08. The zero-order valence-corrected chi connectivity index (χ0v) is 14.0. The van der Waals surface area contributed by atoms with Gasteiger partial charge in [0, 0.05) is 5.70 Å². The molecule has 1 aromatic rings. The molecule has 0 amide bonds. The third-order valence-corrected chi connectivity index (χ3v) is 3.49. The number of anilines is 1. The Morgan fingerprint density at radius 2 is 1.74 bits per heavy atom. The first-order valence-corrected chi connectivity index (χ1v) is 7.91. The zero-order chi connectivity index (χ0) is 17.3. The molecule has 1 aliphatic rings. The Morgan fingerprint density at radius 3 is 2.30 bits per heavy atom. The highest BCUT2D eigenvalue weighted by atomic mass is 16.1. The summed E-state index contributed by atoms with van der Waals surface area (Å²) in [4.78, 5) is 16.0. The molecule has 0 fully saturated rings. The SMILES string of the molecule is C=O.C=O.CCCCCC1C=CC(NNc2ccccc2)=CC1. The molecular weight excluding hydrogens is 288 g/mol. The molecular formula is C19H28N2O2. The number of hydrazine groups is 1. The van der Waals surface area contributed by atoms with Gasteiger partial charge in [0.2, 0.25) is 0 Å². The normalized spacial score (nSPS) is 15.2. The highest BCUT2D eigenvalue weighted by molar-refractivity contribution is 5.42. The molecule has 2 N–H and O–H groups in total. The minimum atomic E-state index is 0.730. The molecule has 4 nitrogen and oxygen atoms in total. The number of allylic oxidation sites excluding steroid dienone is 3. The fourth-order valence-corrected chi connectivity index (χ4v) is 2.29. The number of rotatable bonds is 7. The molecule has 0 aromatic heterocycles. The lowest BCUT2D eigenvalue weighted by atomic mass is 9.94. The van der Waals surface area contributed by atoms with Crippen LogP contribution in [0.1, 0.15) is 39.0 Å². The average molecular weight is 316 g/mol. The van der Waals surface area contributed by atoms with E-state index in [0.29, 0.717) is 0 Å². The fourth-order valence-electron chi connectivity index (χ4n) is 2.29. The first-order chi connectivity index (χ1) is 11.4. The standard InChI is InChI=1S/C17H24N2.2CH2O/c1-2-3-5-8-15-11-13-17(14-12-15)19-18-16-9-6-4-7-10-16;2*1-2/h4,6-7,9-11,13-15,18-19H,2-3,5,8,12H2,1H3;2*1H2. The van der Waals surface area contributed by atoms with Crippen LogP contribution in [0, 0.1) is 5.92 Å². The molecule has 23 heavy (non-hydrogen) atoms. The van der Waals surface area contributed by atoms with Crippen LogP contribution in [0.25, 0.3) is 0 Å². The van der Waals surface area contributed by atoms with Gasteiger partial charge in [-0.3, -0.25) is 0 Å². The predicted octanol–water partition coefficient (Wildman–Crippen LogP) is 4.27. The molecule has 0 saturated heterocycles. The first-order valence-electron chi connectivity index (χ1n) is 7.91. The van der Waals surface area contributed by atoms with Crippen molar-refractivity contribution in [1.29, 1.82) is 0 Å². The Kier molecular flexibility index (Phi) is 13.1. The number of hydrogen-bond acceptors (Lipinski definition) is 4. The summed E-state index contributed by atoms with van der Waals surface area (Å²) in [6.45, 7) is 6.26. The van der Waals surface area contributed by atoms with E-state index in [1.54, 1.807) is 0 Å². The second-order valence-corrected chi connectivity index (χ2v) is 5.13. The lowest BCUT2D eigenvalue weighted by molar-refractivity contribution is -0.0987. The van der Waals surface area contributed by atoms with Crippen molar-refractivity contribution >= 4 is 19.3 Å². The van der Waals surface area contributed by atoms with Crippen LogP contribution >= 0.6 is 0 Å². The van der Waals surface area contributed by atoms with E-state index in [0.717, 1.165) is 23.7 Å². The molecule has 0 bridgehead atoms. The summed E-state index contributed by atoms with van der Waals surface area (Å²) in [5.74, 6) is 0.730. The second kappa shape index (κ2) is 14.6. The van der Waals surface area contributed by atoms with Crippen LogP contribution in [-0.2, 0) is 9.59 Å². The monoisotopic (exact) mass is 316 g/mol. The maximum Gasteiger partial charge on any atom is 0.106 e. The molecule has 1 atom stereocenters. The van der Waals surface area contributed by atoms with Gasteiger partial charge in [0.25, 0.3) is 0 Å². The van der Waals surface area contributed by atoms with Gasteiger partial charge in [0.15, 0.2) is 0 Å². The maximum absolute atomic E-state index is 8.00. The summed E-state index contributed by atoms with van der Waals surface area (Å²) < 4.78 is 0. The highest BCUT2D eigenvalue weighted by Crippen LogP contribution is 2.21. The average Bonchev–Trinajstić information content (AvgIpc) is 2.65. The van der Waals surface area contributed by atoms with Crippen molar-refractivity contribution in [3.63, 3.8) is 0 Å². The largest absolute Gasteiger partial charge is 0.307 e. The van der Waals surface area contributed by atoms with Gasteiger partial charge >= 0.3 is 0 Å². The van der Waals surface area contributed by atoms with E-state index in [9.17, 15) is 0 Å². The van der Waals surface area contributed by atoms with Gasteiger partial charge in [0.05, 0.1) is 5.69 Å². The smallest absolute Gasteiger partial charge is 0.106 e. The molecule has 0 saturated carbocycles. The van der Waals surface area contributed by atoms with Crippen LogP contribution in [0.4, 0.5) is 5.69 Å². The number of nitrogens with one attached hydrogen (secondary N) is 2. The lowest BCUT2D eigenvalue weighted by Gasteiger charge is -2.18. The van der Waals surface area contributed by atoms with Crippen molar-refractivity contribution in [3.05, 3.63) is 54.3 Å². The molecule has 1 unspecified atom stereocenters. The number of carbonyl (C=O) groups excluding carboxylic acids is 2. The van der Waals surface area contributed by atoms with Crippen molar-refractivity contribution in [1.82, 2.24) is 5.43 Å². The Hall–Kier alpha value is -2.36. The van der Waals surface area contributed by atoms with Crippen molar-refractivity contribution in [3.8, 4) is 0 Å². The lowest BCUT2D eigenvalue weighted by Crippen LogP contribution is -2.21. The molecule has 0 heterocycles. The summed E-state index contributed by atoms with van der Waals surface area (Å²) in [5, 5.41) is 0. The van der Waals surface area contributed by atoms with Crippen molar-refractivity contribution in [2.75, 3.05) is 5.43 Å². The number of hydrogen-bond donors (Lipinski definition) is 2. The van der Waals surface area contributed by atoms with E-state index >= 15 is 0 Å². The Balaban J connectivity index is 0.00000112. The van der Waals surface area contributed by atoms with Crippen LogP contribution < -0.4 is 10.9 Å². The summed E-state index contributed by atoms with van der Waals surface area (Å²) in [6, 6.07) is 10.2. The molecule has 1 aromatic carbocycles. The molecule has 2 rings (SSSR count). The number of benzene rings is 1. The van der Waals surface area contributed by atoms with Crippen molar-refractivity contribution in [2.24, 2.45) is 5.92 Å². The van der Waals surface area contributed by atoms with Gasteiger partial charge in [-0.25, -0.2) is 0 Å². The van der Waals surface area contributed by atoms with Gasteiger partial charge in [0.1, 0.15) is 13.6 Å². The second-order valence-electron chi connectivity index (χ2n) is 5.13. The van der Waals surface area contributed by atoms with Gasteiger partial charge in [-0.2, -0.15) is 0 Å². The van der Waals surface area contributed by atoms with E-state index in [1.807, 2.05) is 43.9 Å². The fraction of sp³-hybridized carbons (Fsp3) is 0.368. The van der Waals surface area contributed by atoms with Gasteiger partial charge in [-0.15, -0.1) is 0 Å². The summed E-state index contributed by atoms with van der Waals surface area (Å²) in [6.07, 6.45) is 13.3. The third-order valence-electron chi connectivity index (χ3n) is 3.49. The maximum atomic E-state index is 8.00. The summed E-state index contributed by atoms with van der Waals surface area (Å²) in [5.41, 5.74) is 8.71. The Labute approximate surface area is 139 Å². The molecule has 0 aliphatic heterocycles. The van der Waals surface area contributed by atoms with Gasteiger partial charge < -0.3 is 20.4 Å². The van der Waals surface area contributed by atoms with E-state index in [4.69, 9.17) is 9.59 Å². The van der Waals surface area contributed by atoms with Crippen LogP contribution in [0.5, 0.6) is 0 Å². The van der Waals surface area contributed by atoms with Crippen LogP contribution in [0.3, 0.4) is 0 Å². The van der Waals surface area contributed by atoms with Crippen LogP contribution in [0.15, 0.2) is 54.3 Å². The Morgan fingerprint density at radius 1 is 1.04 bits per heavy atom. The van der Waals surface area contributed by atoms with Crippen LogP contribution in [0.2, 0.25) is 0 Å². The third kappa shape index (κ3) is 9.30. The summed E-state index contributed by atoms with van der Waals surface area (Å²) >= 11 is 0. The minimum Gasteiger partial charge on any atom is -0.307 e. The molecule has 4 heteroatoms. The van der Waals surface area contributed by atoms with E-state index in [-0.39, 0.29) is 0 Å². The zero-order valence-electron chi connectivity index (χ0n) is 14.0. The van der Waals surface area contributed by atoms with Crippen molar-refractivity contribution < 1.29 is 9.59 Å². The van der Waals surface area contributed by atoms with Gasteiger partial charge in [-0.1, -0.05) is 56.5 Å². The molecule has 1 aliphatic carbocycles. The Bertz CT molecular complexity index is 456. The number of para-hydroxylation sites is 1. The quantitative estimate of drug-likeness (QED) is 0.582. The topological polar surface area (TPSA) is 58.2 Å². The number of carbonyl (C=O) groups is 2. The summed E-state index contributed by atoms with van der Waals surface area (Å²) in [7, 11) is 0. The van der Waals surface area contributed by atoms with Crippen molar-refractivity contribution in [2.45, 2.75) is 39.0 Å². The van der Waals surface area contributed by atoms with E-state index < -0.39 is 0 Å². The predicted molar refractivity (Wildman–Crippen MR) is 96.9 cm³/mol. The van der Waals surface area contributed by atoms with Gasteiger partial charge in [-0.05, 0) is 37.0 Å². The molecule has 126 valence electrons. The van der Waals surface area contributed by atoms with Crippen LogP contribution in [-0.4, -0.2) is 13.6 Å². The van der Waals surface area contributed by atoms with E-state index in [1.165, 1.54) is 25.7 Å². The minimum absolute atomic E-state index is 0.730. The van der Waals surface area contributed by atoms with E-state index in [2.05, 4.69) is 36.0 Å². The first kappa shape index (κ1) is 20.6. The molecule has 0 spiro atoms. The number of unbranched alkanes of at least 4 members (excludes halogenated alkanes) is 2.